The Morgan fingerprint density at radius 3 is 2.27 bits per heavy atom. The summed E-state index contributed by atoms with van der Waals surface area (Å²) in [5.74, 6) is -0.464. The smallest absolute Gasteiger partial charge is 0.218 e. The van der Waals surface area contributed by atoms with Gasteiger partial charge in [-0.3, -0.25) is 0 Å². The maximum atomic E-state index is 11.5. The maximum Gasteiger partial charge on any atom is 0.218 e. The molecule has 86 valence electrons. The van der Waals surface area contributed by atoms with Crippen LogP contribution < -0.4 is 0 Å². The molecule has 0 atom stereocenters. The fourth-order valence-electron chi connectivity index (χ4n) is 0.971. The van der Waals surface area contributed by atoms with Crippen LogP contribution in [-0.4, -0.2) is 32.9 Å². The molecule has 1 aliphatic heterocycles. The molecule has 0 aromatic rings. The number of aliphatic imine (C=N–C) groups is 1. The van der Waals surface area contributed by atoms with Crippen LogP contribution in [0.15, 0.2) is 16.1 Å². The number of rotatable bonds is 3. The number of sulfone groups is 2. The van der Waals surface area contributed by atoms with Crippen LogP contribution in [0.3, 0.4) is 0 Å². The normalized spacial score (nSPS) is 20.3. The summed E-state index contributed by atoms with van der Waals surface area (Å²) >= 11 is 0. The van der Waals surface area contributed by atoms with Crippen molar-refractivity contribution in [2.24, 2.45) is 4.99 Å². The summed E-state index contributed by atoms with van der Waals surface area (Å²) < 4.78 is 46.1. The number of hydrogen-bond acceptors (Lipinski definition) is 5. The monoisotopic (exact) mass is 251 g/mol. The lowest BCUT2D eigenvalue weighted by Gasteiger charge is -2.07. The third-order valence-electron chi connectivity index (χ3n) is 2.19. The average Bonchev–Trinajstić information content (AvgIpc) is 2.31. The molecule has 0 aromatic heterocycles. The maximum absolute atomic E-state index is 11.5. The zero-order valence-electron chi connectivity index (χ0n) is 8.76. The van der Waals surface area contributed by atoms with Gasteiger partial charge in [0, 0.05) is 6.20 Å². The van der Waals surface area contributed by atoms with E-state index in [4.69, 9.17) is 0 Å². The average molecular weight is 251 g/mol. The molecule has 0 unspecified atom stereocenters. The largest absolute Gasteiger partial charge is 0.248 e. The quantitative estimate of drug-likeness (QED) is 0.731. The van der Waals surface area contributed by atoms with Crippen LogP contribution in [0.4, 0.5) is 0 Å². The van der Waals surface area contributed by atoms with Crippen LogP contribution in [0.5, 0.6) is 0 Å². The van der Waals surface area contributed by atoms with E-state index < -0.39 is 30.7 Å². The van der Waals surface area contributed by atoms with E-state index in [9.17, 15) is 16.8 Å². The highest BCUT2D eigenvalue weighted by atomic mass is 32.2. The number of hydrogen-bond donors (Lipinski definition) is 0. The number of nitrogens with zero attached hydrogens (tertiary/aromatic N) is 1. The van der Waals surface area contributed by atoms with Gasteiger partial charge in [0.05, 0.1) is 15.9 Å². The molecule has 0 fully saturated rings. The van der Waals surface area contributed by atoms with Gasteiger partial charge in [-0.2, -0.15) is 0 Å². The summed E-state index contributed by atoms with van der Waals surface area (Å²) in [7, 11) is -7.00. The topological polar surface area (TPSA) is 80.6 Å². The molecule has 0 saturated carbocycles. The predicted molar refractivity (Wildman–Crippen MR) is 59.0 cm³/mol. The van der Waals surface area contributed by atoms with Gasteiger partial charge in [0.25, 0.3) is 0 Å². The van der Waals surface area contributed by atoms with Gasteiger partial charge in [0.1, 0.15) is 5.04 Å². The lowest BCUT2D eigenvalue weighted by atomic mass is 10.6. The third-order valence-corrected chi connectivity index (χ3v) is 6.34. The van der Waals surface area contributed by atoms with Gasteiger partial charge in [0.15, 0.2) is 9.84 Å². The van der Waals surface area contributed by atoms with Crippen LogP contribution in [0.25, 0.3) is 0 Å². The molecule has 0 aromatic carbocycles. The highest BCUT2D eigenvalue weighted by molar-refractivity contribution is 8.10. The van der Waals surface area contributed by atoms with Crippen molar-refractivity contribution in [2.45, 2.75) is 26.0 Å². The second-order valence-corrected chi connectivity index (χ2v) is 8.28. The lowest BCUT2D eigenvalue weighted by molar-refractivity contribution is 0.588. The van der Waals surface area contributed by atoms with Crippen molar-refractivity contribution in [3.63, 3.8) is 0 Å². The molecule has 7 heteroatoms. The van der Waals surface area contributed by atoms with Gasteiger partial charge in [0.2, 0.25) is 9.84 Å². The fourth-order valence-corrected chi connectivity index (χ4v) is 3.65. The molecule has 0 saturated heterocycles. The Morgan fingerprint density at radius 2 is 1.93 bits per heavy atom. The van der Waals surface area contributed by atoms with Crippen molar-refractivity contribution < 1.29 is 16.8 Å². The van der Waals surface area contributed by atoms with E-state index in [0.717, 1.165) is 6.20 Å². The summed E-state index contributed by atoms with van der Waals surface area (Å²) in [6, 6.07) is 0. The van der Waals surface area contributed by atoms with Crippen molar-refractivity contribution in [1.82, 2.24) is 0 Å². The summed E-state index contributed by atoms with van der Waals surface area (Å²) in [4.78, 5) is 3.49. The van der Waals surface area contributed by atoms with Crippen molar-refractivity contribution in [2.75, 3.05) is 5.75 Å². The Hall–Kier alpha value is -0.690. The van der Waals surface area contributed by atoms with E-state index in [-0.39, 0.29) is 9.95 Å². The first kappa shape index (κ1) is 12.4. The van der Waals surface area contributed by atoms with Gasteiger partial charge in [-0.15, -0.1) is 0 Å². The van der Waals surface area contributed by atoms with Gasteiger partial charge in [-0.1, -0.05) is 0 Å². The van der Waals surface area contributed by atoms with Crippen LogP contribution in [0, 0.1) is 0 Å². The molecule has 0 spiro atoms. The second kappa shape index (κ2) is 3.71. The Kier molecular flexibility index (Phi) is 3.06. The zero-order valence-corrected chi connectivity index (χ0v) is 10.4. The summed E-state index contributed by atoms with van der Waals surface area (Å²) in [5, 5.41) is -0.633. The highest BCUT2D eigenvalue weighted by Gasteiger charge is 2.31. The van der Waals surface area contributed by atoms with Gasteiger partial charge < -0.3 is 0 Å². The molecule has 0 bridgehead atoms. The molecule has 0 N–H and O–H groups in total. The summed E-state index contributed by atoms with van der Waals surface area (Å²) in [6.07, 6.45) is 1.12. The van der Waals surface area contributed by atoms with E-state index in [2.05, 4.69) is 4.99 Å². The highest BCUT2D eigenvalue weighted by Crippen LogP contribution is 2.20. The van der Waals surface area contributed by atoms with Crippen molar-refractivity contribution >= 4 is 24.7 Å². The van der Waals surface area contributed by atoms with Crippen LogP contribution in [0.2, 0.25) is 0 Å². The molecule has 0 radical (unpaired) electrons. The van der Waals surface area contributed by atoms with Crippen molar-refractivity contribution in [3.8, 4) is 0 Å². The lowest BCUT2D eigenvalue weighted by Crippen LogP contribution is -2.22. The predicted octanol–water partition coefficient (Wildman–Crippen LogP) is 0.498. The van der Waals surface area contributed by atoms with Gasteiger partial charge >= 0.3 is 0 Å². The standard InChI is InChI=1S/C8H13NO4S2/c1-6(2)14(10,11)5-8-4-9-7(3)15(8,12)13/h4,6H,5H2,1-3H3. The second-order valence-electron chi connectivity index (χ2n) is 3.60. The van der Waals surface area contributed by atoms with E-state index in [0.29, 0.717) is 0 Å². The van der Waals surface area contributed by atoms with Gasteiger partial charge in [-0.05, 0) is 20.8 Å². The SMILES string of the molecule is CC1=NC=C(CS(=O)(=O)C(C)C)S1(=O)=O. The molecule has 0 aliphatic carbocycles. The molecule has 1 rings (SSSR count). The fraction of sp³-hybridized carbons (Fsp3) is 0.625. The minimum absolute atomic E-state index is 0.0449. The van der Waals surface area contributed by atoms with Crippen molar-refractivity contribution in [1.29, 1.82) is 0 Å². The van der Waals surface area contributed by atoms with E-state index in [1.807, 2.05) is 0 Å². The zero-order chi connectivity index (χ0) is 11.9. The Morgan fingerprint density at radius 1 is 1.40 bits per heavy atom. The molecular weight excluding hydrogens is 238 g/mol. The first-order valence-electron chi connectivity index (χ1n) is 4.38. The molecular formula is C8H13NO4S2. The third kappa shape index (κ3) is 2.28. The van der Waals surface area contributed by atoms with E-state index in [1.165, 1.54) is 20.8 Å². The minimum Gasteiger partial charge on any atom is -0.248 e. The minimum atomic E-state index is -3.60. The molecule has 5 nitrogen and oxygen atoms in total. The summed E-state index contributed by atoms with van der Waals surface area (Å²) in [5.41, 5.74) is 0. The Balaban J connectivity index is 3.00. The molecule has 0 amide bonds. The molecule has 15 heavy (non-hydrogen) atoms. The van der Waals surface area contributed by atoms with E-state index >= 15 is 0 Å². The van der Waals surface area contributed by atoms with E-state index in [1.54, 1.807) is 0 Å². The van der Waals surface area contributed by atoms with Crippen molar-refractivity contribution in [3.05, 3.63) is 11.1 Å². The molecule has 1 heterocycles. The Bertz CT molecular complexity index is 523. The molecule has 1 aliphatic rings. The van der Waals surface area contributed by atoms with Crippen LogP contribution in [-0.2, 0) is 19.7 Å². The Labute approximate surface area is 89.7 Å². The first-order valence-corrected chi connectivity index (χ1v) is 7.58. The summed E-state index contributed by atoms with van der Waals surface area (Å²) in [6.45, 7) is 4.39. The van der Waals surface area contributed by atoms with Crippen LogP contribution >= 0.6 is 0 Å². The van der Waals surface area contributed by atoms with Crippen LogP contribution in [0.1, 0.15) is 20.8 Å². The first-order chi connectivity index (χ1) is 6.68. The van der Waals surface area contributed by atoms with Gasteiger partial charge in [-0.25, -0.2) is 21.8 Å².